The lowest BCUT2D eigenvalue weighted by Crippen LogP contribution is -2.11. The van der Waals surface area contributed by atoms with Crippen LogP contribution in [0.15, 0.2) is 35.6 Å². The van der Waals surface area contributed by atoms with E-state index in [-0.39, 0.29) is 18.1 Å². The quantitative estimate of drug-likeness (QED) is 0.920. The molecule has 4 nitrogen and oxygen atoms in total. The van der Waals surface area contributed by atoms with Gasteiger partial charge in [-0.05, 0) is 50.0 Å². The first-order chi connectivity index (χ1) is 10.9. The Morgan fingerprint density at radius 2 is 2.00 bits per heavy atom. The first-order valence-electron chi connectivity index (χ1n) is 7.88. The number of ether oxygens (including phenoxy) is 1. The Labute approximate surface area is 137 Å². The number of nitrogens with two attached hydrogens (primary N) is 1. The lowest BCUT2D eigenvalue weighted by molar-refractivity contribution is -0.117. The van der Waals surface area contributed by atoms with Gasteiger partial charge in [-0.25, -0.2) is 0 Å². The average molecular weight is 313 g/mol. The zero-order valence-electron chi connectivity index (χ0n) is 13.9. The van der Waals surface area contributed by atoms with E-state index in [1.807, 2.05) is 45.1 Å². The maximum Gasteiger partial charge on any atom is 0.217 e. The van der Waals surface area contributed by atoms with Gasteiger partial charge in [0, 0.05) is 19.3 Å². The van der Waals surface area contributed by atoms with Crippen molar-refractivity contribution in [2.45, 2.75) is 46.5 Å². The van der Waals surface area contributed by atoms with Crippen molar-refractivity contribution < 1.29 is 14.3 Å². The Morgan fingerprint density at radius 3 is 2.65 bits per heavy atom. The fraction of sp³-hybridized carbons (Fsp3) is 0.368. The van der Waals surface area contributed by atoms with Gasteiger partial charge in [-0.15, -0.1) is 0 Å². The Hall–Kier alpha value is -2.36. The summed E-state index contributed by atoms with van der Waals surface area (Å²) in [5, 5.41) is 0. The predicted octanol–water partition coefficient (Wildman–Crippen LogP) is 3.75. The normalized spacial score (nSPS) is 16.7. The van der Waals surface area contributed by atoms with Crippen molar-refractivity contribution in [1.29, 1.82) is 0 Å². The van der Waals surface area contributed by atoms with E-state index in [1.54, 1.807) is 0 Å². The van der Waals surface area contributed by atoms with Crippen LogP contribution >= 0.6 is 0 Å². The summed E-state index contributed by atoms with van der Waals surface area (Å²) in [7, 11) is 0. The maximum atomic E-state index is 12.4. The zero-order valence-corrected chi connectivity index (χ0v) is 13.9. The number of primary amides is 1. The summed E-state index contributed by atoms with van der Waals surface area (Å²) in [5.41, 5.74) is 8.88. The van der Waals surface area contributed by atoms with Gasteiger partial charge < -0.3 is 10.5 Å². The first kappa shape index (κ1) is 17.0. The van der Waals surface area contributed by atoms with Crippen molar-refractivity contribution in [3.63, 3.8) is 0 Å². The molecule has 122 valence electrons. The number of hydrogen-bond donors (Lipinski definition) is 1. The minimum Gasteiger partial charge on any atom is -0.460 e. The average Bonchev–Trinajstić information content (AvgIpc) is 2.67. The van der Waals surface area contributed by atoms with Gasteiger partial charge in [-0.2, -0.15) is 0 Å². The van der Waals surface area contributed by atoms with Gasteiger partial charge in [0.25, 0.3) is 0 Å². The Morgan fingerprint density at radius 1 is 1.26 bits per heavy atom. The molecule has 1 heterocycles. The Balaban J connectivity index is 2.48. The van der Waals surface area contributed by atoms with Crippen LogP contribution < -0.4 is 10.5 Å². The molecule has 1 aromatic rings. The maximum absolute atomic E-state index is 12.4. The SMILES string of the molecule is C/C=C\C(CCC(N)=O)=C1/CCC(=O)c2ccc(C)c(C)c2O1. The van der Waals surface area contributed by atoms with Crippen LogP contribution in [0, 0.1) is 13.8 Å². The molecular weight excluding hydrogens is 290 g/mol. The second-order valence-electron chi connectivity index (χ2n) is 5.82. The minimum atomic E-state index is -0.343. The number of amides is 1. The number of rotatable bonds is 4. The molecule has 1 aliphatic heterocycles. The van der Waals surface area contributed by atoms with Crippen molar-refractivity contribution in [2.75, 3.05) is 0 Å². The molecule has 0 unspecified atom stereocenters. The van der Waals surface area contributed by atoms with Crippen molar-refractivity contribution in [2.24, 2.45) is 5.73 Å². The molecule has 23 heavy (non-hydrogen) atoms. The molecule has 0 radical (unpaired) electrons. The number of hydrogen-bond acceptors (Lipinski definition) is 3. The highest BCUT2D eigenvalue weighted by atomic mass is 16.5. The second-order valence-corrected chi connectivity index (χ2v) is 5.82. The molecule has 2 N–H and O–H groups in total. The molecule has 1 aromatic carbocycles. The topological polar surface area (TPSA) is 69.4 Å². The summed E-state index contributed by atoms with van der Waals surface area (Å²) in [6, 6.07) is 3.78. The van der Waals surface area contributed by atoms with Gasteiger partial charge in [-0.1, -0.05) is 18.2 Å². The van der Waals surface area contributed by atoms with Crippen molar-refractivity contribution in [3.8, 4) is 5.75 Å². The van der Waals surface area contributed by atoms with Crippen LogP contribution in [0.5, 0.6) is 5.75 Å². The molecule has 0 bridgehead atoms. The van der Waals surface area contributed by atoms with Crippen LogP contribution in [0.25, 0.3) is 0 Å². The third kappa shape index (κ3) is 3.89. The molecular formula is C19H23NO3. The van der Waals surface area contributed by atoms with E-state index in [9.17, 15) is 9.59 Å². The zero-order chi connectivity index (χ0) is 17.0. The Bertz CT molecular complexity index is 699. The number of carbonyl (C=O) groups excluding carboxylic acids is 2. The van der Waals surface area contributed by atoms with Crippen LogP contribution in [-0.4, -0.2) is 11.7 Å². The highest BCUT2D eigenvalue weighted by molar-refractivity contribution is 5.99. The van der Waals surface area contributed by atoms with E-state index in [1.165, 1.54) is 0 Å². The van der Waals surface area contributed by atoms with E-state index in [4.69, 9.17) is 10.5 Å². The van der Waals surface area contributed by atoms with E-state index in [2.05, 4.69) is 0 Å². The monoisotopic (exact) mass is 313 g/mol. The van der Waals surface area contributed by atoms with E-state index >= 15 is 0 Å². The van der Waals surface area contributed by atoms with Gasteiger partial charge in [0.2, 0.25) is 5.91 Å². The van der Waals surface area contributed by atoms with E-state index in [0.29, 0.717) is 30.6 Å². The van der Waals surface area contributed by atoms with Gasteiger partial charge >= 0.3 is 0 Å². The summed E-state index contributed by atoms with van der Waals surface area (Å²) in [6.07, 6.45) is 5.55. The molecule has 2 rings (SSSR count). The molecule has 0 fully saturated rings. The standard InChI is InChI=1S/C19H23NO3/c1-4-5-14(7-11-18(20)22)17-10-9-16(21)15-8-6-12(2)13(3)19(15)23-17/h4-6,8H,7,9-11H2,1-3H3,(H2,20,22)/b5-4-,17-14-. The van der Waals surface area contributed by atoms with Crippen molar-refractivity contribution >= 4 is 11.7 Å². The number of benzene rings is 1. The van der Waals surface area contributed by atoms with E-state index in [0.717, 1.165) is 22.5 Å². The van der Waals surface area contributed by atoms with Gasteiger partial charge in [-0.3, -0.25) is 9.59 Å². The minimum absolute atomic E-state index is 0.0906. The highest BCUT2D eigenvalue weighted by Gasteiger charge is 2.23. The number of fused-ring (bicyclic) bond motifs is 1. The lowest BCUT2D eigenvalue weighted by atomic mass is 10.00. The summed E-state index contributed by atoms with van der Waals surface area (Å²) in [4.78, 5) is 23.5. The molecule has 0 aliphatic carbocycles. The summed E-state index contributed by atoms with van der Waals surface area (Å²) in [5.74, 6) is 1.14. The molecule has 0 saturated heterocycles. The highest BCUT2D eigenvalue weighted by Crippen LogP contribution is 2.34. The Kier molecular flexibility index (Phi) is 5.37. The number of ketones is 1. The summed E-state index contributed by atoms with van der Waals surface area (Å²) >= 11 is 0. The molecule has 0 aromatic heterocycles. The van der Waals surface area contributed by atoms with Crippen LogP contribution in [-0.2, 0) is 4.79 Å². The van der Waals surface area contributed by atoms with Gasteiger partial charge in [0.05, 0.1) is 5.56 Å². The predicted molar refractivity (Wildman–Crippen MR) is 90.4 cm³/mol. The van der Waals surface area contributed by atoms with Crippen LogP contribution in [0.4, 0.5) is 0 Å². The number of aryl methyl sites for hydroxylation is 1. The smallest absolute Gasteiger partial charge is 0.217 e. The fourth-order valence-corrected chi connectivity index (χ4v) is 2.68. The van der Waals surface area contributed by atoms with Gasteiger partial charge in [0.1, 0.15) is 11.5 Å². The molecule has 1 amide bonds. The van der Waals surface area contributed by atoms with E-state index < -0.39 is 0 Å². The van der Waals surface area contributed by atoms with Crippen molar-refractivity contribution in [1.82, 2.24) is 0 Å². The van der Waals surface area contributed by atoms with Crippen LogP contribution in [0.3, 0.4) is 0 Å². The number of carbonyl (C=O) groups is 2. The third-order valence-electron chi connectivity index (χ3n) is 4.15. The number of Topliss-reactive ketones (excluding diaryl/α,β-unsaturated/α-hetero) is 1. The van der Waals surface area contributed by atoms with Crippen molar-refractivity contribution in [3.05, 3.63) is 52.3 Å². The summed E-state index contributed by atoms with van der Waals surface area (Å²) < 4.78 is 6.14. The molecule has 0 spiro atoms. The fourth-order valence-electron chi connectivity index (χ4n) is 2.68. The van der Waals surface area contributed by atoms with Crippen LogP contribution in [0.1, 0.15) is 54.1 Å². The number of allylic oxidation sites excluding steroid dienone is 4. The molecule has 0 atom stereocenters. The largest absolute Gasteiger partial charge is 0.460 e. The summed E-state index contributed by atoms with van der Waals surface area (Å²) in [6.45, 7) is 5.87. The van der Waals surface area contributed by atoms with Crippen LogP contribution in [0.2, 0.25) is 0 Å². The first-order valence-corrected chi connectivity index (χ1v) is 7.88. The molecule has 4 heteroatoms. The lowest BCUT2D eigenvalue weighted by Gasteiger charge is -2.15. The van der Waals surface area contributed by atoms with Gasteiger partial charge in [0.15, 0.2) is 5.78 Å². The molecule has 1 aliphatic rings. The molecule has 0 saturated carbocycles. The third-order valence-corrected chi connectivity index (χ3v) is 4.15. The second kappa shape index (κ2) is 7.27.